The first-order valence-electron chi connectivity index (χ1n) is 6.53. The zero-order valence-electron chi connectivity index (χ0n) is 11.1. The molecule has 2 aromatic carbocycles. The SMILES string of the molecule is O=C(Cl)C(=O)c1cn(Cc2ccccc2)c2ccccc12. The number of nitrogens with zero attached hydrogens (tertiary/aromatic N) is 1. The van der Waals surface area contributed by atoms with Gasteiger partial charge >= 0.3 is 0 Å². The summed E-state index contributed by atoms with van der Waals surface area (Å²) in [5.41, 5.74) is 2.37. The van der Waals surface area contributed by atoms with Gasteiger partial charge in [0, 0.05) is 23.6 Å². The fourth-order valence-electron chi connectivity index (χ4n) is 2.44. The van der Waals surface area contributed by atoms with Crippen molar-refractivity contribution < 1.29 is 9.59 Å². The first-order valence-corrected chi connectivity index (χ1v) is 6.90. The number of para-hydroxylation sites is 1. The summed E-state index contributed by atoms with van der Waals surface area (Å²) < 4.78 is 1.96. The van der Waals surface area contributed by atoms with Crippen molar-refractivity contribution in [3.63, 3.8) is 0 Å². The molecule has 3 nitrogen and oxygen atoms in total. The van der Waals surface area contributed by atoms with Gasteiger partial charge in [0.1, 0.15) is 0 Å². The van der Waals surface area contributed by atoms with E-state index in [4.69, 9.17) is 11.6 Å². The molecule has 0 atom stereocenters. The van der Waals surface area contributed by atoms with Crippen LogP contribution in [0.25, 0.3) is 10.9 Å². The highest BCUT2D eigenvalue weighted by atomic mass is 35.5. The van der Waals surface area contributed by atoms with Gasteiger partial charge in [-0.1, -0.05) is 48.5 Å². The van der Waals surface area contributed by atoms with Crippen LogP contribution in [-0.4, -0.2) is 15.6 Å². The van der Waals surface area contributed by atoms with Gasteiger partial charge in [0.05, 0.1) is 5.56 Å². The van der Waals surface area contributed by atoms with Gasteiger partial charge in [-0.25, -0.2) is 0 Å². The Morgan fingerprint density at radius 3 is 2.33 bits per heavy atom. The second kappa shape index (κ2) is 5.54. The number of fused-ring (bicyclic) bond motifs is 1. The van der Waals surface area contributed by atoms with Gasteiger partial charge in [0.2, 0.25) is 5.78 Å². The number of aromatic nitrogens is 1. The number of ketones is 1. The van der Waals surface area contributed by atoms with Crippen molar-refractivity contribution in [3.8, 4) is 0 Å². The van der Waals surface area contributed by atoms with Crippen LogP contribution in [0.2, 0.25) is 0 Å². The number of halogens is 1. The van der Waals surface area contributed by atoms with Crippen LogP contribution in [0.15, 0.2) is 60.8 Å². The second-order valence-corrected chi connectivity index (χ2v) is 5.12. The number of hydrogen-bond acceptors (Lipinski definition) is 2. The Labute approximate surface area is 126 Å². The van der Waals surface area contributed by atoms with Crippen molar-refractivity contribution in [3.05, 3.63) is 71.9 Å². The largest absolute Gasteiger partial charge is 0.342 e. The van der Waals surface area contributed by atoms with Gasteiger partial charge < -0.3 is 4.57 Å². The molecule has 21 heavy (non-hydrogen) atoms. The Bertz CT molecular complexity index is 821. The topological polar surface area (TPSA) is 39.1 Å². The maximum absolute atomic E-state index is 11.9. The van der Waals surface area contributed by atoms with E-state index < -0.39 is 11.0 Å². The fourth-order valence-corrected chi connectivity index (χ4v) is 2.55. The lowest BCUT2D eigenvalue weighted by Gasteiger charge is -2.05. The quantitative estimate of drug-likeness (QED) is 0.419. The van der Waals surface area contributed by atoms with Crippen LogP contribution in [0.3, 0.4) is 0 Å². The van der Waals surface area contributed by atoms with E-state index in [1.807, 2.05) is 59.2 Å². The van der Waals surface area contributed by atoms with Gasteiger partial charge in [0.15, 0.2) is 0 Å². The molecular formula is C17H12ClNO2. The zero-order valence-corrected chi connectivity index (χ0v) is 11.9. The number of carbonyl (C=O) groups is 2. The number of benzene rings is 2. The van der Waals surface area contributed by atoms with Crippen molar-refractivity contribution in [2.24, 2.45) is 0 Å². The molecule has 0 aliphatic carbocycles. The molecule has 0 amide bonds. The third-order valence-electron chi connectivity index (χ3n) is 3.41. The molecule has 3 aromatic rings. The lowest BCUT2D eigenvalue weighted by Crippen LogP contribution is -2.06. The zero-order chi connectivity index (χ0) is 14.8. The Balaban J connectivity index is 2.11. The Hall–Kier alpha value is -2.39. The molecule has 0 N–H and O–H groups in total. The molecule has 0 saturated carbocycles. The summed E-state index contributed by atoms with van der Waals surface area (Å²) in [5.74, 6) is -0.667. The number of carbonyl (C=O) groups excluding carboxylic acids is 2. The average Bonchev–Trinajstić information content (AvgIpc) is 2.86. The molecule has 1 aromatic heterocycles. The molecule has 1 heterocycles. The van der Waals surface area contributed by atoms with Gasteiger partial charge in [0.25, 0.3) is 5.24 Å². The third kappa shape index (κ3) is 2.60. The minimum atomic E-state index is -0.961. The van der Waals surface area contributed by atoms with E-state index in [0.717, 1.165) is 16.5 Å². The Morgan fingerprint density at radius 1 is 0.952 bits per heavy atom. The van der Waals surface area contributed by atoms with Gasteiger partial charge in [-0.3, -0.25) is 9.59 Å². The normalized spacial score (nSPS) is 10.7. The highest BCUT2D eigenvalue weighted by Gasteiger charge is 2.19. The van der Waals surface area contributed by atoms with E-state index >= 15 is 0 Å². The van der Waals surface area contributed by atoms with Gasteiger partial charge in [-0.05, 0) is 23.2 Å². The molecule has 104 valence electrons. The van der Waals surface area contributed by atoms with E-state index in [9.17, 15) is 9.59 Å². The lowest BCUT2D eigenvalue weighted by atomic mass is 10.1. The van der Waals surface area contributed by atoms with Crippen molar-refractivity contribution in [1.82, 2.24) is 4.57 Å². The molecule has 3 rings (SSSR count). The minimum Gasteiger partial charge on any atom is -0.342 e. The van der Waals surface area contributed by atoms with Crippen LogP contribution < -0.4 is 0 Å². The molecule has 0 fully saturated rings. The molecule has 0 saturated heterocycles. The van der Waals surface area contributed by atoms with Crippen molar-refractivity contribution >= 4 is 33.5 Å². The van der Waals surface area contributed by atoms with Crippen LogP contribution in [0.1, 0.15) is 15.9 Å². The first-order chi connectivity index (χ1) is 10.2. The van der Waals surface area contributed by atoms with Crippen LogP contribution in [0.4, 0.5) is 0 Å². The van der Waals surface area contributed by atoms with E-state index in [-0.39, 0.29) is 0 Å². The minimum absolute atomic E-state index is 0.349. The predicted octanol–water partition coefficient (Wildman–Crippen LogP) is 3.64. The second-order valence-electron chi connectivity index (χ2n) is 4.78. The number of hydrogen-bond donors (Lipinski definition) is 0. The van der Waals surface area contributed by atoms with Crippen molar-refractivity contribution in [1.29, 1.82) is 0 Å². The highest BCUT2D eigenvalue weighted by molar-refractivity contribution is 6.83. The van der Waals surface area contributed by atoms with Crippen LogP contribution >= 0.6 is 11.6 Å². The van der Waals surface area contributed by atoms with E-state index in [0.29, 0.717) is 12.1 Å². The smallest absolute Gasteiger partial charge is 0.293 e. The molecule has 0 aliphatic heterocycles. The Morgan fingerprint density at radius 2 is 1.62 bits per heavy atom. The molecule has 0 aliphatic rings. The molecule has 0 unspecified atom stereocenters. The first kappa shape index (κ1) is 13.6. The summed E-state index contributed by atoms with van der Waals surface area (Å²) in [6.07, 6.45) is 1.69. The maximum atomic E-state index is 11.9. The molecule has 0 spiro atoms. The third-order valence-corrected chi connectivity index (χ3v) is 3.58. The maximum Gasteiger partial charge on any atom is 0.293 e. The van der Waals surface area contributed by atoms with Crippen LogP contribution in [-0.2, 0) is 11.3 Å². The average molecular weight is 298 g/mol. The summed E-state index contributed by atoms with van der Waals surface area (Å²) in [6.45, 7) is 0.630. The van der Waals surface area contributed by atoms with Gasteiger partial charge in [-0.2, -0.15) is 0 Å². The summed E-state index contributed by atoms with van der Waals surface area (Å²) in [4.78, 5) is 23.1. The Kier molecular flexibility index (Phi) is 3.59. The monoisotopic (exact) mass is 297 g/mol. The molecule has 4 heteroatoms. The summed E-state index contributed by atoms with van der Waals surface area (Å²) >= 11 is 5.33. The van der Waals surface area contributed by atoms with Crippen molar-refractivity contribution in [2.75, 3.05) is 0 Å². The highest BCUT2D eigenvalue weighted by Crippen LogP contribution is 2.23. The van der Waals surface area contributed by atoms with E-state index in [1.165, 1.54) is 0 Å². The summed E-state index contributed by atoms with van der Waals surface area (Å²) in [7, 11) is 0. The summed E-state index contributed by atoms with van der Waals surface area (Å²) in [5, 5.41) is -0.218. The van der Waals surface area contributed by atoms with Crippen molar-refractivity contribution in [2.45, 2.75) is 6.54 Å². The van der Waals surface area contributed by atoms with Crippen LogP contribution in [0, 0.1) is 0 Å². The van der Waals surface area contributed by atoms with E-state index in [2.05, 4.69) is 0 Å². The molecule has 0 bridgehead atoms. The van der Waals surface area contributed by atoms with E-state index in [1.54, 1.807) is 6.20 Å². The number of rotatable bonds is 4. The fraction of sp³-hybridized carbons (Fsp3) is 0.0588. The van der Waals surface area contributed by atoms with Gasteiger partial charge in [-0.15, -0.1) is 0 Å². The number of Topliss-reactive ketones (excluding diaryl/α,β-unsaturated/α-hetero) is 1. The lowest BCUT2D eigenvalue weighted by molar-refractivity contribution is -0.108. The predicted molar refractivity (Wildman–Crippen MR) is 82.7 cm³/mol. The standard InChI is InChI=1S/C17H12ClNO2/c18-17(21)16(20)14-11-19(10-12-6-2-1-3-7-12)15-9-5-4-8-13(14)15/h1-9,11H,10H2. The molecular weight excluding hydrogens is 286 g/mol. The van der Waals surface area contributed by atoms with Crippen LogP contribution in [0.5, 0.6) is 0 Å². The summed E-state index contributed by atoms with van der Waals surface area (Å²) in [6, 6.07) is 17.4. The molecule has 0 radical (unpaired) electrons.